The summed E-state index contributed by atoms with van der Waals surface area (Å²) in [5, 5.41) is 3.57. The van der Waals surface area contributed by atoms with Crippen molar-refractivity contribution in [3.8, 4) is 0 Å². The highest BCUT2D eigenvalue weighted by atomic mass is 32.2. The molecular weight excluding hydrogens is 274 g/mol. The number of hydrogen-bond donors (Lipinski definition) is 1. The van der Waals surface area contributed by atoms with Gasteiger partial charge in [-0.1, -0.05) is 6.92 Å². The van der Waals surface area contributed by atoms with Crippen LogP contribution in [0, 0.1) is 5.92 Å². The molecule has 0 saturated carbocycles. The van der Waals surface area contributed by atoms with E-state index in [1.165, 1.54) is 25.6 Å². The normalized spacial score (nSPS) is 29.9. The van der Waals surface area contributed by atoms with Crippen LogP contribution in [0.25, 0.3) is 0 Å². The van der Waals surface area contributed by atoms with Crippen LogP contribution in [0.1, 0.15) is 32.6 Å². The number of sulfonamides is 1. The van der Waals surface area contributed by atoms with E-state index in [0.29, 0.717) is 25.0 Å². The molecule has 0 aromatic heterocycles. The van der Waals surface area contributed by atoms with Crippen LogP contribution in [-0.4, -0.2) is 69.2 Å². The lowest BCUT2D eigenvalue weighted by Crippen LogP contribution is -2.44. The Labute approximate surface area is 123 Å². The summed E-state index contributed by atoms with van der Waals surface area (Å²) in [6.07, 6.45) is 6.05. The molecule has 0 amide bonds. The monoisotopic (exact) mass is 303 g/mol. The molecule has 2 fully saturated rings. The summed E-state index contributed by atoms with van der Waals surface area (Å²) in [5.41, 5.74) is 0. The molecule has 0 aromatic carbocycles. The number of piperidine rings is 1. The molecule has 1 N–H and O–H groups in total. The predicted molar refractivity (Wildman–Crippen MR) is 82.3 cm³/mol. The topological polar surface area (TPSA) is 52.6 Å². The number of rotatable bonds is 6. The molecule has 2 unspecified atom stereocenters. The van der Waals surface area contributed by atoms with Crippen molar-refractivity contribution in [3.05, 3.63) is 0 Å². The van der Waals surface area contributed by atoms with Crippen LogP contribution in [0.3, 0.4) is 0 Å². The van der Waals surface area contributed by atoms with Gasteiger partial charge in [-0.05, 0) is 51.2 Å². The van der Waals surface area contributed by atoms with Crippen molar-refractivity contribution in [2.24, 2.45) is 5.92 Å². The van der Waals surface area contributed by atoms with Gasteiger partial charge >= 0.3 is 0 Å². The third kappa shape index (κ3) is 4.41. The second-order valence-electron chi connectivity index (χ2n) is 6.21. The van der Waals surface area contributed by atoms with Gasteiger partial charge in [-0.25, -0.2) is 12.7 Å². The van der Waals surface area contributed by atoms with Gasteiger partial charge in [-0.15, -0.1) is 0 Å². The Bertz CT molecular complexity index is 399. The zero-order valence-electron chi connectivity index (χ0n) is 12.8. The standard InChI is InChI=1S/C14H29N3O2S/c1-3-16-8-5-7-14(16)11-15-10-13-6-4-9-17(12-13)20(2,18)19/h13-15H,3-12H2,1-2H3. The minimum atomic E-state index is -3.01. The maximum absolute atomic E-state index is 11.6. The lowest BCUT2D eigenvalue weighted by atomic mass is 9.99. The number of hydrogen-bond acceptors (Lipinski definition) is 4. The molecule has 0 bridgehead atoms. The van der Waals surface area contributed by atoms with E-state index in [-0.39, 0.29) is 0 Å². The van der Waals surface area contributed by atoms with E-state index in [9.17, 15) is 8.42 Å². The van der Waals surface area contributed by atoms with Crippen LogP contribution in [0.4, 0.5) is 0 Å². The van der Waals surface area contributed by atoms with Gasteiger partial charge in [0.15, 0.2) is 0 Å². The van der Waals surface area contributed by atoms with Gasteiger partial charge in [0.1, 0.15) is 0 Å². The molecule has 2 rings (SSSR count). The first-order valence-electron chi connectivity index (χ1n) is 7.90. The number of likely N-dealkylation sites (N-methyl/N-ethyl adjacent to an activating group) is 1. The third-order valence-corrected chi connectivity index (χ3v) is 5.94. The highest BCUT2D eigenvalue weighted by molar-refractivity contribution is 7.88. The fraction of sp³-hybridized carbons (Fsp3) is 1.00. The molecule has 2 saturated heterocycles. The second kappa shape index (κ2) is 7.20. The van der Waals surface area contributed by atoms with E-state index in [1.54, 1.807) is 4.31 Å². The summed E-state index contributed by atoms with van der Waals surface area (Å²) in [7, 11) is -3.01. The van der Waals surface area contributed by atoms with Gasteiger partial charge in [0.25, 0.3) is 0 Å². The van der Waals surface area contributed by atoms with Crippen LogP contribution in [0.2, 0.25) is 0 Å². The van der Waals surface area contributed by atoms with E-state index in [0.717, 1.165) is 32.5 Å². The predicted octanol–water partition coefficient (Wildman–Crippen LogP) is 0.732. The SMILES string of the molecule is CCN1CCCC1CNCC1CCCN(S(C)(=O)=O)C1. The molecule has 0 spiro atoms. The van der Waals surface area contributed by atoms with Gasteiger partial charge in [0.2, 0.25) is 10.0 Å². The Kier molecular flexibility index (Phi) is 5.84. The molecule has 2 aliphatic rings. The third-order valence-electron chi connectivity index (χ3n) is 4.67. The summed E-state index contributed by atoms with van der Waals surface area (Å²) < 4.78 is 24.8. The molecule has 5 nitrogen and oxygen atoms in total. The molecule has 0 aromatic rings. The lowest BCUT2D eigenvalue weighted by molar-refractivity contribution is 0.236. The highest BCUT2D eigenvalue weighted by Gasteiger charge is 2.26. The van der Waals surface area contributed by atoms with Crippen molar-refractivity contribution in [2.45, 2.75) is 38.6 Å². The van der Waals surface area contributed by atoms with Crippen molar-refractivity contribution < 1.29 is 8.42 Å². The summed E-state index contributed by atoms with van der Waals surface area (Å²) >= 11 is 0. The van der Waals surface area contributed by atoms with E-state index in [1.807, 2.05) is 0 Å². The van der Waals surface area contributed by atoms with Crippen molar-refractivity contribution in [2.75, 3.05) is 45.5 Å². The molecule has 2 aliphatic heterocycles. The summed E-state index contributed by atoms with van der Waals surface area (Å²) in [4.78, 5) is 2.54. The Hall–Kier alpha value is -0.170. The maximum atomic E-state index is 11.6. The minimum Gasteiger partial charge on any atom is -0.315 e. The number of likely N-dealkylation sites (tertiary alicyclic amines) is 1. The molecule has 0 aliphatic carbocycles. The smallest absolute Gasteiger partial charge is 0.211 e. The number of nitrogens with one attached hydrogen (secondary N) is 1. The first-order valence-corrected chi connectivity index (χ1v) is 9.75. The number of nitrogens with zero attached hydrogens (tertiary/aromatic N) is 2. The molecule has 118 valence electrons. The minimum absolute atomic E-state index is 0.468. The van der Waals surface area contributed by atoms with Gasteiger partial charge < -0.3 is 5.32 Å². The van der Waals surface area contributed by atoms with Crippen LogP contribution >= 0.6 is 0 Å². The lowest BCUT2D eigenvalue weighted by Gasteiger charge is -2.31. The highest BCUT2D eigenvalue weighted by Crippen LogP contribution is 2.19. The quantitative estimate of drug-likeness (QED) is 0.786. The van der Waals surface area contributed by atoms with Gasteiger partial charge in [-0.2, -0.15) is 0 Å². The van der Waals surface area contributed by atoms with E-state index < -0.39 is 10.0 Å². The van der Waals surface area contributed by atoms with Gasteiger partial charge in [-0.3, -0.25) is 4.90 Å². The second-order valence-corrected chi connectivity index (χ2v) is 8.19. The maximum Gasteiger partial charge on any atom is 0.211 e. The van der Waals surface area contributed by atoms with Crippen LogP contribution in [0.5, 0.6) is 0 Å². The largest absolute Gasteiger partial charge is 0.315 e. The molecular formula is C14H29N3O2S. The molecule has 2 atom stereocenters. The van der Waals surface area contributed by atoms with Crippen molar-refractivity contribution >= 4 is 10.0 Å². The Balaban J connectivity index is 1.71. The fourth-order valence-electron chi connectivity index (χ4n) is 3.49. The summed E-state index contributed by atoms with van der Waals surface area (Å²) in [6.45, 7) is 7.97. The Morgan fingerprint density at radius 2 is 1.90 bits per heavy atom. The Morgan fingerprint density at radius 3 is 2.60 bits per heavy atom. The summed E-state index contributed by atoms with van der Waals surface area (Å²) in [6, 6.07) is 0.676. The van der Waals surface area contributed by atoms with Crippen LogP contribution < -0.4 is 5.32 Å². The van der Waals surface area contributed by atoms with Gasteiger partial charge in [0.05, 0.1) is 6.26 Å². The van der Waals surface area contributed by atoms with Crippen molar-refractivity contribution in [1.82, 2.24) is 14.5 Å². The average molecular weight is 303 g/mol. The van der Waals surface area contributed by atoms with Gasteiger partial charge in [0, 0.05) is 25.7 Å². The molecule has 2 heterocycles. The molecule has 20 heavy (non-hydrogen) atoms. The van der Waals surface area contributed by atoms with Crippen molar-refractivity contribution in [1.29, 1.82) is 0 Å². The van der Waals surface area contributed by atoms with E-state index in [4.69, 9.17) is 0 Å². The first-order chi connectivity index (χ1) is 9.50. The Morgan fingerprint density at radius 1 is 1.15 bits per heavy atom. The van der Waals surface area contributed by atoms with Crippen LogP contribution in [0.15, 0.2) is 0 Å². The molecule has 0 radical (unpaired) electrons. The van der Waals surface area contributed by atoms with E-state index in [2.05, 4.69) is 17.1 Å². The zero-order valence-corrected chi connectivity index (χ0v) is 13.7. The zero-order chi connectivity index (χ0) is 14.6. The first kappa shape index (κ1) is 16.2. The fourth-order valence-corrected chi connectivity index (χ4v) is 4.43. The summed E-state index contributed by atoms with van der Waals surface area (Å²) in [5.74, 6) is 0.468. The molecule has 6 heteroatoms. The van der Waals surface area contributed by atoms with Crippen LogP contribution in [-0.2, 0) is 10.0 Å². The van der Waals surface area contributed by atoms with E-state index >= 15 is 0 Å². The van der Waals surface area contributed by atoms with Crippen molar-refractivity contribution in [3.63, 3.8) is 0 Å². The average Bonchev–Trinajstić information content (AvgIpc) is 2.86.